The third kappa shape index (κ3) is 4.23. The largest absolute Gasteiger partial charge is 0.316 e. The summed E-state index contributed by atoms with van der Waals surface area (Å²) < 4.78 is 13.6. The number of rotatable bonds is 5. The minimum Gasteiger partial charge on any atom is -0.316 e. The van der Waals surface area contributed by atoms with Crippen LogP contribution in [0.5, 0.6) is 0 Å². The van der Waals surface area contributed by atoms with E-state index in [4.69, 9.17) is 11.6 Å². The molecule has 100 valence electrons. The average molecular weight is 296 g/mol. The smallest absolute Gasteiger partial charge is 0.127 e. The van der Waals surface area contributed by atoms with Crippen LogP contribution in [0.3, 0.4) is 0 Å². The highest BCUT2D eigenvalue weighted by Gasteiger charge is 2.04. The zero-order valence-electron chi connectivity index (χ0n) is 10.6. The van der Waals surface area contributed by atoms with Crippen molar-refractivity contribution in [3.8, 4) is 0 Å². The molecule has 0 fully saturated rings. The van der Waals surface area contributed by atoms with Crippen molar-refractivity contribution in [2.24, 2.45) is 0 Å². The van der Waals surface area contributed by atoms with Crippen LogP contribution in [0.1, 0.15) is 11.1 Å². The van der Waals surface area contributed by atoms with Crippen LogP contribution in [-0.4, -0.2) is 7.05 Å². The summed E-state index contributed by atoms with van der Waals surface area (Å²) in [5, 5.41) is 3.69. The summed E-state index contributed by atoms with van der Waals surface area (Å²) in [7, 11) is 1.92. The first-order valence-electron chi connectivity index (χ1n) is 5.99. The van der Waals surface area contributed by atoms with Gasteiger partial charge in [0.25, 0.3) is 0 Å². The van der Waals surface area contributed by atoms with Crippen LogP contribution >= 0.6 is 23.4 Å². The normalized spacial score (nSPS) is 10.7. The summed E-state index contributed by atoms with van der Waals surface area (Å²) in [5.41, 5.74) is 1.86. The Morgan fingerprint density at radius 1 is 1.21 bits per heavy atom. The van der Waals surface area contributed by atoms with Crippen LogP contribution in [0.4, 0.5) is 4.39 Å². The van der Waals surface area contributed by atoms with E-state index in [1.165, 1.54) is 11.6 Å². The van der Waals surface area contributed by atoms with E-state index in [1.54, 1.807) is 23.9 Å². The van der Waals surface area contributed by atoms with Gasteiger partial charge in [-0.2, -0.15) is 0 Å². The monoisotopic (exact) mass is 295 g/mol. The lowest BCUT2D eigenvalue weighted by Crippen LogP contribution is -2.04. The van der Waals surface area contributed by atoms with E-state index in [0.29, 0.717) is 16.3 Å². The molecule has 0 aliphatic heterocycles. The molecule has 0 saturated carbocycles. The lowest BCUT2D eigenvalue weighted by Gasteiger charge is -2.06. The van der Waals surface area contributed by atoms with E-state index in [1.807, 2.05) is 19.2 Å². The maximum Gasteiger partial charge on any atom is 0.127 e. The zero-order chi connectivity index (χ0) is 13.7. The fourth-order valence-corrected chi connectivity index (χ4v) is 2.91. The Balaban J connectivity index is 2.05. The highest BCUT2D eigenvalue weighted by molar-refractivity contribution is 7.98. The molecule has 4 heteroatoms. The predicted octanol–water partition coefficient (Wildman–Crippen LogP) is 4.49. The molecule has 19 heavy (non-hydrogen) atoms. The molecule has 0 amide bonds. The van der Waals surface area contributed by atoms with Crippen molar-refractivity contribution < 1.29 is 4.39 Å². The quantitative estimate of drug-likeness (QED) is 0.816. The van der Waals surface area contributed by atoms with Crippen LogP contribution in [0.2, 0.25) is 5.02 Å². The molecule has 0 radical (unpaired) electrons. The van der Waals surface area contributed by atoms with E-state index in [9.17, 15) is 4.39 Å². The van der Waals surface area contributed by atoms with Gasteiger partial charge in [-0.3, -0.25) is 0 Å². The van der Waals surface area contributed by atoms with Gasteiger partial charge in [-0.25, -0.2) is 4.39 Å². The molecular weight excluding hydrogens is 281 g/mol. The Hall–Kier alpha value is -1.03. The summed E-state index contributed by atoms with van der Waals surface area (Å²) in [6.07, 6.45) is 0. The standard InChI is InChI=1S/C15H15ClFNS/c1-18-9-11-3-2-4-14(7-11)19-10-12-8-13(16)5-6-15(12)17/h2-8,18H,9-10H2,1H3. The van der Waals surface area contributed by atoms with Crippen molar-refractivity contribution in [1.29, 1.82) is 0 Å². The minimum absolute atomic E-state index is 0.205. The number of benzene rings is 2. The molecule has 0 aliphatic rings. The molecule has 0 unspecified atom stereocenters. The Morgan fingerprint density at radius 2 is 2.05 bits per heavy atom. The Labute approximate surface area is 122 Å². The van der Waals surface area contributed by atoms with Crippen molar-refractivity contribution >= 4 is 23.4 Å². The van der Waals surface area contributed by atoms with Gasteiger partial charge in [0.05, 0.1) is 0 Å². The lowest BCUT2D eigenvalue weighted by molar-refractivity contribution is 0.617. The van der Waals surface area contributed by atoms with Crippen molar-refractivity contribution in [2.45, 2.75) is 17.2 Å². The van der Waals surface area contributed by atoms with Crippen molar-refractivity contribution in [3.63, 3.8) is 0 Å². The highest BCUT2D eigenvalue weighted by Crippen LogP contribution is 2.26. The predicted molar refractivity (Wildman–Crippen MR) is 80.2 cm³/mol. The first-order valence-corrected chi connectivity index (χ1v) is 7.35. The molecule has 0 bridgehead atoms. The summed E-state index contributed by atoms with van der Waals surface area (Å²) in [6, 6.07) is 12.9. The topological polar surface area (TPSA) is 12.0 Å². The zero-order valence-corrected chi connectivity index (χ0v) is 12.2. The fraction of sp³-hybridized carbons (Fsp3) is 0.200. The van der Waals surface area contributed by atoms with Crippen LogP contribution in [-0.2, 0) is 12.3 Å². The molecule has 0 spiro atoms. The molecular formula is C15H15ClFNS. The first-order chi connectivity index (χ1) is 9.19. The molecule has 0 heterocycles. The summed E-state index contributed by atoms with van der Waals surface area (Å²) in [4.78, 5) is 1.13. The van der Waals surface area contributed by atoms with Gasteiger partial charge >= 0.3 is 0 Å². The summed E-state index contributed by atoms with van der Waals surface area (Å²) in [5.74, 6) is 0.373. The molecule has 2 aromatic carbocycles. The van der Waals surface area contributed by atoms with Crippen molar-refractivity contribution in [2.75, 3.05) is 7.05 Å². The molecule has 1 nitrogen and oxygen atoms in total. The third-order valence-electron chi connectivity index (χ3n) is 2.68. The first kappa shape index (κ1) is 14.4. The van der Waals surface area contributed by atoms with Gasteiger partial charge in [-0.1, -0.05) is 23.7 Å². The van der Waals surface area contributed by atoms with E-state index in [0.717, 1.165) is 11.4 Å². The second kappa shape index (κ2) is 6.94. The average Bonchev–Trinajstić information content (AvgIpc) is 2.41. The fourth-order valence-electron chi connectivity index (χ4n) is 1.76. The second-order valence-electron chi connectivity index (χ2n) is 4.20. The van der Waals surface area contributed by atoms with Crippen LogP contribution in [0.15, 0.2) is 47.4 Å². The highest BCUT2D eigenvalue weighted by atomic mass is 35.5. The maximum atomic E-state index is 13.6. The van der Waals surface area contributed by atoms with Crippen molar-refractivity contribution in [3.05, 3.63) is 64.4 Å². The Morgan fingerprint density at radius 3 is 2.84 bits per heavy atom. The molecule has 1 N–H and O–H groups in total. The number of halogens is 2. The Kier molecular flexibility index (Phi) is 5.25. The van der Waals surface area contributed by atoms with E-state index in [2.05, 4.69) is 17.4 Å². The number of hydrogen-bond acceptors (Lipinski definition) is 2. The maximum absolute atomic E-state index is 13.6. The van der Waals surface area contributed by atoms with Crippen LogP contribution in [0, 0.1) is 5.82 Å². The lowest BCUT2D eigenvalue weighted by atomic mass is 10.2. The van der Waals surface area contributed by atoms with Gasteiger partial charge in [-0.15, -0.1) is 11.8 Å². The van der Waals surface area contributed by atoms with Crippen LogP contribution in [0.25, 0.3) is 0 Å². The summed E-state index contributed by atoms with van der Waals surface area (Å²) >= 11 is 7.49. The van der Waals surface area contributed by atoms with Gasteiger partial charge in [0, 0.05) is 22.2 Å². The summed E-state index contributed by atoms with van der Waals surface area (Å²) in [6.45, 7) is 0.833. The van der Waals surface area contributed by atoms with Crippen LogP contribution < -0.4 is 5.32 Å². The van der Waals surface area contributed by atoms with Gasteiger partial charge in [0.15, 0.2) is 0 Å². The minimum atomic E-state index is -0.205. The van der Waals surface area contributed by atoms with Gasteiger partial charge in [0.2, 0.25) is 0 Å². The molecule has 0 saturated heterocycles. The number of thioether (sulfide) groups is 1. The number of nitrogens with one attached hydrogen (secondary N) is 1. The van der Waals surface area contributed by atoms with E-state index >= 15 is 0 Å². The molecule has 0 atom stereocenters. The van der Waals surface area contributed by atoms with Gasteiger partial charge < -0.3 is 5.32 Å². The van der Waals surface area contributed by atoms with E-state index < -0.39 is 0 Å². The molecule has 2 rings (SSSR count). The Bertz CT molecular complexity index is 560. The van der Waals surface area contributed by atoms with Crippen molar-refractivity contribution in [1.82, 2.24) is 5.32 Å². The second-order valence-corrected chi connectivity index (χ2v) is 5.69. The number of hydrogen-bond donors (Lipinski definition) is 1. The van der Waals surface area contributed by atoms with Gasteiger partial charge in [-0.05, 0) is 48.5 Å². The molecule has 0 aromatic heterocycles. The SMILES string of the molecule is CNCc1cccc(SCc2cc(Cl)ccc2F)c1. The molecule has 0 aliphatic carbocycles. The molecule has 2 aromatic rings. The van der Waals surface area contributed by atoms with E-state index in [-0.39, 0.29) is 5.82 Å². The third-order valence-corrected chi connectivity index (χ3v) is 3.96. The van der Waals surface area contributed by atoms with Gasteiger partial charge in [0.1, 0.15) is 5.82 Å².